The average molecular weight is 565 g/mol. The number of hydrogen-bond acceptors (Lipinski definition) is 7. The van der Waals surface area contributed by atoms with E-state index in [1.807, 2.05) is 78.9 Å². The molecule has 7 nitrogen and oxygen atoms in total. The predicted molar refractivity (Wildman–Crippen MR) is 161 cm³/mol. The second-order valence-electron chi connectivity index (χ2n) is 9.61. The van der Waals surface area contributed by atoms with Crippen LogP contribution in [0.25, 0.3) is 27.6 Å². The molecular formula is C33H28N2O5S. The molecule has 1 atom stereocenters. The Balaban J connectivity index is 1.69. The van der Waals surface area contributed by atoms with E-state index in [0.717, 1.165) is 27.1 Å². The van der Waals surface area contributed by atoms with Crippen LogP contribution in [0.5, 0.6) is 11.5 Å². The molecule has 8 heteroatoms. The van der Waals surface area contributed by atoms with Crippen LogP contribution in [0.1, 0.15) is 31.0 Å². The molecule has 0 aliphatic carbocycles. The molecule has 1 aliphatic heterocycles. The normalized spacial score (nSPS) is 15.1. The Labute approximate surface area is 240 Å². The summed E-state index contributed by atoms with van der Waals surface area (Å²) in [6.07, 6.45) is 1.85. The van der Waals surface area contributed by atoms with Gasteiger partial charge >= 0.3 is 5.97 Å². The molecule has 6 rings (SSSR count). The number of carbonyl (C=O) groups excluding carboxylic acids is 1. The third-order valence-corrected chi connectivity index (χ3v) is 8.35. The number of allylic oxidation sites excluding steroid dienone is 1. The van der Waals surface area contributed by atoms with Gasteiger partial charge in [0.05, 0.1) is 36.6 Å². The van der Waals surface area contributed by atoms with Crippen molar-refractivity contribution < 1.29 is 19.0 Å². The Kier molecular flexibility index (Phi) is 6.93. The fraction of sp³-hybridized carbons (Fsp3) is 0.182. The first-order chi connectivity index (χ1) is 20.0. The number of esters is 1. The number of nitrogens with zero attached hydrogens (tertiary/aromatic N) is 2. The van der Waals surface area contributed by atoms with E-state index in [1.54, 1.807) is 32.6 Å². The first kappa shape index (κ1) is 26.5. The summed E-state index contributed by atoms with van der Waals surface area (Å²) in [5.41, 5.74) is 2.05. The van der Waals surface area contributed by atoms with Crippen LogP contribution >= 0.6 is 11.3 Å². The Morgan fingerprint density at radius 1 is 0.927 bits per heavy atom. The van der Waals surface area contributed by atoms with Gasteiger partial charge in [-0.15, -0.1) is 0 Å². The Bertz CT molecular complexity index is 2050. The molecule has 1 aromatic heterocycles. The van der Waals surface area contributed by atoms with Crippen molar-refractivity contribution in [1.29, 1.82) is 0 Å². The van der Waals surface area contributed by atoms with Gasteiger partial charge in [0, 0.05) is 11.1 Å². The van der Waals surface area contributed by atoms with Crippen molar-refractivity contribution in [2.45, 2.75) is 19.9 Å². The van der Waals surface area contributed by atoms with Crippen molar-refractivity contribution in [3.8, 4) is 11.5 Å². The standard InChI is InChI=1S/C33H28N2O5S/c1-5-40-32(37)28-19(2)34-33-35(30(28)29-23-13-9-7-11-21(23)15-17-26(29)39-4)31(36)27(41-33)18-24-22-12-8-6-10-20(22)14-16-25(24)38-3/h6-18,30H,5H2,1-4H3/b27-18-/t30-/m0/s1. The van der Waals surface area contributed by atoms with E-state index < -0.39 is 12.0 Å². The van der Waals surface area contributed by atoms with Crippen molar-refractivity contribution in [3.63, 3.8) is 0 Å². The topological polar surface area (TPSA) is 79.1 Å². The molecule has 0 unspecified atom stereocenters. The molecule has 2 heterocycles. The molecule has 4 aromatic carbocycles. The lowest BCUT2D eigenvalue weighted by Crippen LogP contribution is -2.40. The van der Waals surface area contributed by atoms with Gasteiger partial charge in [-0.3, -0.25) is 9.36 Å². The number of rotatable bonds is 6. The van der Waals surface area contributed by atoms with Crippen LogP contribution in [0.2, 0.25) is 0 Å². The third kappa shape index (κ3) is 4.40. The highest BCUT2D eigenvalue weighted by Crippen LogP contribution is 2.40. The van der Waals surface area contributed by atoms with Crippen molar-refractivity contribution in [2.75, 3.05) is 20.8 Å². The summed E-state index contributed by atoms with van der Waals surface area (Å²) in [5.74, 6) is 0.708. The highest BCUT2D eigenvalue weighted by molar-refractivity contribution is 7.07. The number of thiazole rings is 1. The lowest BCUT2D eigenvalue weighted by molar-refractivity contribution is -0.139. The summed E-state index contributed by atoms with van der Waals surface area (Å²) >= 11 is 1.28. The third-order valence-electron chi connectivity index (χ3n) is 7.37. The molecule has 0 spiro atoms. The number of methoxy groups -OCH3 is 2. The molecule has 0 saturated carbocycles. The van der Waals surface area contributed by atoms with Crippen LogP contribution in [0.3, 0.4) is 0 Å². The lowest BCUT2D eigenvalue weighted by Gasteiger charge is -2.27. The van der Waals surface area contributed by atoms with Gasteiger partial charge in [0.2, 0.25) is 0 Å². The van der Waals surface area contributed by atoms with Gasteiger partial charge in [-0.25, -0.2) is 9.79 Å². The van der Waals surface area contributed by atoms with Gasteiger partial charge < -0.3 is 14.2 Å². The number of fused-ring (bicyclic) bond motifs is 3. The first-order valence-electron chi connectivity index (χ1n) is 13.3. The number of benzene rings is 4. The van der Waals surface area contributed by atoms with E-state index in [9.17, 15) is 9.59 Å². The minimum absolute atomic E-state index is 0.195. The lowest BCUT2D eigenvalue weighted by atomic mass is 9.90. The van der Waals surface area contributed by atoms with E-state index in [-0.39, 0.29) is 12.2 Å². The van der Waals surface area contributed by atoms with Gasteiger partial charge in [0.1, 0.15) is 17.5 Å². The minimum atomic E-state index is -0.803. The summed E-state index contributed by atoms with van der Waals surface area (Å²) in [5, 5.41) is 3.84. The van der Waals surface area contributed by atoms with E-state index in [4.69, 9.17) is 19.2 Å². The molecular weight excluding hydrogens is 536 g/mol. The smallest absolute Gasteiger partial charge is 0.338 e. The quantitative estimate of drug-likeness (QED) is 0.268. The van der Waals surface area contributed by atoms with E-state index in [0.29, 0.717) is 37.7 Å². The van der Waals surface area contributed by atoms with Crippen LogP contribution in [-0.2, 0) is 9.53 Å². The molecule has 0 N–H and O–H groups in total. The molecule has 0 fully saturated rings. The van der Waals surface area contributed by atoms with Crippen molar-refractivity contribution in [1.82, 2.24) is 4.57 Å². The second kappa shape index (κ2) is 10.7. The summed E-state index contributed by atoms with van der Waals surface area (Å²) < 4.78 is 19.1. The van der Waals surface area contributed by atoms with Crippen molar-refractivity contribution in [3.05, 3.63) is 115 Å². The van der Waals surface area contributed by atoms with Crippen molar-refractivity contribution in [2.24, 2.45) is 4.99 Å². The Morgan fingerprint density at radius 2 is 1.56 bits per heavy atom. The number of ether oxygens (including phenoxy) is 3. The molecule has 0 amide bonds. The molecule has 0 saturated heterocycles. The van der Waals surface area contributed by atoms with Gasteiger partial charge in [0.25, 0.3) is 5.56 Å². The molecule has 5 aromatic rings. The summed E-state index contributed by atoms with van der Waals surface area (Å²) in [4.78, 5) is 33.0. The zero-order chi connectivity index (χ0) is 28.7. The van der Waals surface area contributed by atoms with Crippen LogP contribution < -0.4 is 24.4 Å². The molecule has 0 bridgehead atoms. The average Bonchev–Trinajstić information content (AvgIpc) is 3.30. The second-order valence-corrected chi connectivity index (χ2v) is 10.6. The Morgan fingerprint density at radius 3 is 2.24 bits per heavy atom. The van der Waals surface area contributed by atoms with Gasteiger partial charge in [-0.05, 0) is 53.6 Å². The fourth-order valence-electron chi connectivity index (χ4n) is 5.53. The zero-order valence-electron chi connectivity index (χ0n) is 23.1. The van der Waals surface area contributed by atoms with Crippen molar-refractivity contribution >= 4 is 44.9 Å². The van der Waals surface area contributed by atoms with Crippen LogP contribution in [0.4, 0.5) is 0 Å². The zero-order valence-corrected chi connectivity index (χ0v) is 24.0. The predicted octanol–water partition coefficient (Wildman–Crippen LogP) is 5.12. The first-order valence-corrected chi connectivity index (χ1v) is 14.1. The van der Waals surface area contributed by atoms with E-state index in [1.165, 1.54) is 11.3 Å². The van der Waals surface area contributed by atoms with Crippen LogP contribution in [0, 0.1) is 0 Å². The summed E-state index contributed by atoms with van der Waals surface area (Å²) in [6, 6.07) is 22.8. The largest absolute Gasteiger partial charge is 0.496 e. The van der Waals surface area contributed by atoms with E-state index in [2.05, 4.69) is 0 Å². The molecule has 41 heavy (non-hydrogen) atoms. The number of carbonyl (C=O) groups is 1. The number of aromatic nitrogens is 1. The van der Waals surface area contributed by atoms with Gasteiger partial charge in [0.15, 0.2) is 4.80 Å². The molecule has 206 valence electrons. The Hall–Kier alpha value is -4.69. The van der Waals surface area contributed by atoms with E-state index >= 15 is 0 Å². The number of hydrogen-bond donors (Lipinski definition) is 0. The van der Waals surface area contributed by atoms with Crippen LogP contribution in [0.15, 0.2) is 93.9 Å². The highest BCUT2D eigenvalue weighted by atomic mass is 32.1. The maximum atomic E-state index is 14.3. The summed E-state index contributed by atoms with van der Waals surface area (Å²) in [6.45, 7) is 3.73. The SMILES string of the molecule is CCOC(=O)C1=C(C)N=c2s/c(=C\c3c(OC)ccc4ccccc34)c(=O)n2[C@@H]1c1c(OC)ccc2ccccc12. The summed E-state index contributed by atoms with van der Waals surface area (Å²) in [7, 11) is 3.20. The molecule has 1 aliphatic rings. The minimum Gasteiger partial charge on any atom is -0.496 e. The monoisotopic (exact) mass is 564 g/mol. The van der Waals surface area contributed by atoms with Gasteiger partial charge in [-0.1, -0.05) is 72.0 Å². The van der Waals surface area contributed by atoms with Gasteiger partial charge in [-0.2, -0.15) is 0 Å². The maximum Gasteiger partial charge on any atom is 0.338 e. The van der Waals surface area contributed by atoms with Crippen LogP contribution in [-0.4, -0.2) is 31.4 Å². The highest BCUT2D eigenvalue weighted by Gasteiger charge is 2.36. The fourth-order valence-corrected chi connectivity index (χ4v) is 6.56. The maximum absolute atomic E-state index is 14.3. The molecule has 0 radical (unpaired) electrons.